The number of rotatable bonds is 5. The molecule has 3 aromatic rings. The maximum absolute atomic E-state index is 6.06. The lowest BCUT2D eigenvalue weighted by Crippen LogP contribution is -2.22. The van der Waals surface area contributed by atoms with Crippen molar-refractivity contribution in [3.05, 3.63) is 84.4 Å². The Morgan fingerprint density at radius 2 is 1.36 bits per heavy atom. The SMILES string of the molecule is CC(C)(C)Oc1ccc(-c2ccccc2OCc2ccccc2)cc1. The molecule has 0 fully saturated rings. The van der Waals surface area contributed by atoms with Gasteiger partial charge >= 0.3 is 0 Å². The molecule has 2 heteroatoms. The second-order valence-corrected chi connectivity index (χ2v) is 7.01. The second kappa shape index (κ2) is 7.43. The summed E-state index contributed by atoms with van der Waals surface area (Å²) in [6.07, 6.45) is 0. The molecule has 2 nitrogen and oxygen atoms in total. The zero-order valence-electron chi connectivity index (χ0n) is 15.0. The van der Waals surface area contributed by atoms with E-state index in [1.165, 1.54) is 0 Å². The summed E-state index contributed by atoms with van der Waals surface area (Å²) in [7, 11) is 0. The predicted octanol–water partition coefficient (Wildman–Crippen LogP) is 6.11. The van der Waals surface area contributed by atoms with Gasteiger partial charge in [0.05, 0.1) is 0 Å². The van der Waals surface area contributed by atoms with Crippen molar-refractivity contribution in [3.8, 4) is 22.6 Å². The van der Waals surface area contributed by atoms with Gasteiger partial charge in [0.2, 0.25) is 0 Å². The van der Waals surface area contributed by atoms with Crippen LogP contribution in [0.1, 0.15) is 26.3 Å². The van der Waals surface area contributed by atoms with E-state index in [9.17, 15) is 0 Å². The molecule has 3 rings (SSSR count). The third kappa shape index (κ3) is 4.87. The minimum Gasteiger partial charge on any atom is -0.488 e. The normalized spacial score (nSPS) is 11.2. The average Bonchev–Trinajstić information content (AvgIpc) is 2.60. The highest BCUT2D eigenvalue weighted by molar-refractivity contribution is 5.70. The highest BCUT2D eigenvalue weighted by Crippen LogP contribution is 2.32. The van der Waals surface area contributed by atoms with Gasteiger partial charge in [-0.1, -0.05) is 60.7 Å². The molecule has 3 aromatic carbocycles. The Balaban J connectivity index is 1.78. The molecular weight excluding hydrogens is 308 g/mol. The number of hydrogen-bond donors (Lipinski definition) is 0. The Morgan fingerprint density at radius 3 is 2.04 bits per heavy atom. The lowest BCUT2D eigenvalue weighted by molar-refractivity contribution is 0.131. The molecular formula is C23H24O2. The Morgan fingerprint density at radius 1 is 0.720 bits per heavy atom. The summed E-state index contributed by atoms with van der Waals surface area (Å²) in [6.45, 7) is 6.71. The lowest BCUT2D eigenvalue weighted by atomic mass is 10.0. The van der Waals surface area contributed by atoms with Crippen LogP contribution < -0.4 is 9.47 Å². The van der Waals surface area contributed by atoms with E-state index in [2.05, 4.69) is 30.3 Å². The van der Waals surface area contributed by atoms with Crippen LogP contribution in [-0.4, -0.2) is 5.60 Å². The number of hydrogen-bond acceptors (Lipinski definition) is 2. The molecule has 0 saturated carbocycles. The van der Waals surface area contributed by atoms with Gasteiger partial charge in [0.1, 0.15) is 23.7 Å². The molecule has 0 amide bonds. The Hall–Kier alpha value is -2.74. The van der Waals surface area contributed by atoms with Crippen LogP contribution in [-0.2, 0) is 6.61 Å². The standard InChI is InChI=1S/C23H24O2/c1-23(2,3)25-20-15-13-19(14-16-20)21-11-7-8-12-22(21)24-17-18-9-5-4-6-10-18/h4-16H,17H2,1-3H3. The molecule has 0 radical (unpaired) electrons. The maximum Gasteiger partial charge on any atom is 0.127 e. The Labute approximate surface area is 150 Å². The molecule has 0 spiro atoms. The van der Waals surface area contributed by atoms with E-state index in [1.54, 1.807) is 0 Å². The van der Waals surface area contributed by atoms with Crippen molar-refractivity contribution in [3.63, 3.8) is 0 Å². The van der Waals surface area contributed by atoms with Crippen molar-refractivity contribution in [2.45, 2.75) is 33.0 Å². The summed E-state index contributed by atoms with van der Waals surface area (Å²) >= 11 is 0. The quantitative estimate of drug-likeness (QED) is 0.561. The Kier molecular flexibility index (Phi) is 5.08. The number of para-hydroxylation sites is 1. The van der Waals surface area contributed by atoms with Crippen LogP contribution >= 0.6 is 0 Å². The molecule has 0 heterocycles. The van der Waals surface area contributed by atoms with Gasteiger partial charge in [0.15, 0.2) is 0 Å². The first-order chi connectivity index (χ1) is 12.0. The van der Waals surface area contributed by atoms with Gasteiger partial charge in [-0.05, 0) is 50.1 Å². The molecule has 0 aliphatic heterocycles. The smallest absolute Gasteiger partial charge is 0.127 e. The topological polar surface area (TPSA) is 18.5 Å². The van der Waals surface area contributed by atoms with Crippen LogP contribution in [0.4, 0.5) is 0 Å². The molecule has 0 saturated heterocycles. The van der Waals surface area contributed by atoms with E-state index in [4.69, 9.17) is 9.47 Å². The third-order valence-electron chi connectivity index (χ3n) is 3.71. The molecule has 0 atom stereocenters. The first-order valence-electron chi connectivity index (χ1n) is 8.56. The fourth-order valence-electron chi connectivity index (χ4n) is 2.62. The number of benzene rings is 3. The number of ether oxygens (including phenoxy) is 2. The van der Waals surface area contributed by atoms with Crippen LogP contribution in [0.25, 0.3) is 11.1 Å². The van der Waals surface area contributed by atoms with Crippen molar-refractivity contribution in [1.29, 1.82) is 0 Å². The van der Waals surface area contributed by atoms with E-state index in [-0.39, 0.29) is 5.60 Å². The highest BCUT2D eigenvalue weighted by atomic mass is 16.5. The predicted molar refractivity (Wildman–Crippen MR) is 103 cm³/mol. The summed E-state index contributed by atoms with van der Waals surface area (Å²) in [5.74, 6) is 1.76. The average molecular weight is 332 g/mol. The first-order valence-corrected chi connectivity index (χ1v) is 8.56. The molecule has 25 heavy (non-hydrogen) atoms. The van der Waals surface area contributed by atoms with Crippen LogP contribution in [0.3, 0.4) is 0 Å². The first kappa shape index (κ1) is 17.1. The van der Waals surface area contributed by atoms with Gasteiger partial charge in [-0.25, -0.2) is 0 Å². The molecule has 0 aromatic heterocycles. The van der Waals surface area contributed by atoms with E-state index >= 15 is 0 Å². The molecule has 0 aliphatic carbocycles. The molecule has 0 bridgehead atoms. The summed E-state index contributed by atoms with van der Waals surface area (Å²) in [5, 5.41) is 0. The largest absolute Gasteiger partial charge is 0.488 e. The van der Waals surface area contributed by atoms with Crippen LogP contribution in [0.2, 0.25) is 0 Å². The third-order valence-corrected chi connectivity index (χ3v) is 3.71. The van der Waals surface area contributed by atoms with E-state index in [1.807, 2.05) is 69.3 Å². The lowest BCUT2D eigenvalue weighted by Gasteiger charge is -2.21. The molecule has 0 aliphatic rings. The van der Waals surface area contributed by atoms with Crippen molar-refractivity contribution in [1.82, 2.24) is 0 Å². The Bertz CT molecular complexity index is 800. The van der Waals surface area contributed by atoms with E-state index in [0.29, 0.717) is 6.61 Å². The van der Waals surface area contributed by atoms with Crippen molar-refractivity contribution < 1.29 is 9.47 Å². The fraction of sp³-hybridized carbons (Fsp3) is 0.217. The summed E-state index contributed by atoms with van der Waals surface area (Å²) in [4.78, 5) is 0. The zero-order chi connectivity index (χ0) is 17.7. The summed E-state index contributed by atoms with van der Waals surface area (Å²) in [5.41, 5.74) is 3.16. The molecule has 128 valence electrons. The van der Waals surface area contributed by atoms with Gasteiger partial charge in [0, 0.05) is 5.56 Å². The van der Waals surface area contributed by atoms with Crippen molar-refractivity contribution in [2.24, 2.45) is 0 Å². The van der Waals surface area contributed by atoms with Gasteiger partial charge in [-0.2, -0.15) is 0 Å². The molecule has 0 unspecified atom stereocenters. The van der Waals surface area contributed by atoms with Crippen molar-refractivity contribution >= 4 is 0 Å². The van der Waals surface area contributed by atoms with Gasteiger partial charge in [-0.3, -0.25) is 0 Å². The molecule has 0 N–H and O–H groups in total. The van der Waals surface area contributed by atoms with E-state index < -0.39 is 0 Å². The van der Waals surface area contributed by atoms with Crippen LogP contribution in [0, 0.1) is 0 Å². The van der Waals surface area contributed by atoms with Gasteiger partial charge in [-0.15, -0.1) is 0 Å². The van der Waals surface area contributed by atoms with Crippen LogP contribution in [0.5, 0.6) is 11.5 Å². The van der Waals surface area contributed by atoms with Crippen molar-refractivity contribution in [2.75, 3.05) is 0 Å². The van der Waals surface area contributed by atoms with Gasteiger partial charge in [0.25, 0.3) is 0 Å². The second-order valence-electron chi connectivity index (χ2n) is 7.01. The fourth-order valence-corrected chi connectivity index (χ4v) is 2.62. The van der Waals surface area contributed by atoms with Crippen LogP contribution in [0.15, 0.2) is 78.9 Å². The monoisotopic (exact) mass is 332 g/mol. The summed E-state index contributed by atoms with van der Waals surface area (Å²) in [6, 6.07) is 26.5. The maximum atomic E-state index is 6.06. The van der Waals surface area contributed by atoms with E-state index in [0.717, 1.165) is 28.2 Å². The summed E-state index contributed by atoms with van der Waals surface area (Å²) < 4.78 is 12.0. The van der Waals surface area contributed by atoms with Gasteiger partial charge < -0.3 is 9.47 Å². The minimum atomic E-state index is -0.196. The minimum absolute atomic E-state index is 0.196. The highest BCUT2D eigenvalue weighted by Gasteiger charge is 2.12. The zero-order valence-corrected chi connectivity index (χ0v) is 15.0.